The maximum atomic E-state index is 13.0. The predicted molar refractivity (Wildman–Crippen MR) is 108 cm³/mol. The van der Waals surface area contributed by atoms with E-state index < -0.39 is 5.41 Å². The van der Waals surface area contributed by atoms with Crippen LogP contribution in [0.25, 0.3) is 0 Å². The Bertz CT molecular complexity index is 725. The van der Waals surface area contributed by atoms with Gasteiger partial charge in [0.15, 0.2) is 0 Å². The predicted octanol–water partition coefficient (Wildman–Crippen LogP) is 3.87. The number of nitrogens with two attached hydrogens (primary N) is 1. The van der Waals surface area contributed by atoms with Crippen molar-refractivity contribution in [3.63, 3.8) is 0 Å². The molecule has 140 valence electrons. The van der Waals surface area contributed by atoms with Crippen molar-refractivity contribution in [2.45, 2.75) is 37.5 Å². The van der Waals surface area contributed by atoms with Crippen molar-refractivity contribution in [2.24, 2.45) is 0 Å². The third kappa shape index (κ3) is 4.31. The summed E-state index contributed by atoms with van der Waals surface area (Å²) in [6.45, 7) is 0.633. The number of amides is 1. The molecule has 1 fully saturated rings. The van der Waals surface area contributed by atoms with Crippen LogP contribution in [0.1, 0.15) is 36.8 Å². The second-order valence-corrected chi connectivity index (χ2v) is 6.77. The van der Waals surface area contributed by atoms with Gasteiger partial charge in [-0.25, -0.2) is 0 Å². The highest BCUT2D eigenvalue weighted by atomic mass is 35.5. The molecule has 0 bridgehead atoms. The first-order valence-electron chi connectivity index (χ1n) is 8.91. The lowest BCUT2D eigenvalue weighted by Crippen LogP contribution is -2.43. The summed E-state index contributed by atoms with van der Waals surface area (Å²) in [5.74, 6) is 0.937. The van der Waals surface area contributed by atoms with E-state index in [0.29, 0.717) is 6.54 Å². The van der Waals surface area contributed by atoms with Crippen LogP contribution in [0, 0.1) is 0 Å². The highest BCUT2D eigenvalue weighted by Crippen LogP contribution is 2.42. The van der Waals surface area contributed by atoms with E-state index in [4.69, 9.17) is 10.5 Å². The molecule has 0 radical (unpaired) electrons. The quantitative estimate of drug-likeness (QED) is 0.754. The Balaban J connectivity index is 0.00000243. The average Bonchev–Trinajstić information content (AvgIpc) is 3.14. The van der Waals surface area contributed by atoms with Crippen molar-refractivity contribution >= 4 is 24.0 Å². The Morgan fingerprint density at radius 3 is 2.50 bits per heavy atom. The van der Waals surface area contributed by atoms with Crippen molar-refractivity contribution in [2.75, 3.05) is 19.4 Å². The van der Waals surface area contributed by atoms with Crippen molar-refractivity contribution in [1.29, 1.82) is 0 Å². The molecular weight excluding hydrogens is 348 g/mol. The van der Waals surface area contributed by atoms with E-state index in [0.717, 1.165) is 49.1 Å². The van der Waals surface area contributed by atoms with E-state index in [1.54, 1.807) is 7.11 Å². The summed E-state index contributed by atoms with van der Waals surface area (Å²) < 4.78 is 5.35. The largest absolute Gasteiger partial charge is 0.497 e. The lowest BCUT2D eigenvalue weighted by Gasteiger charge is -2.28. The fourth-order valence-electron chi connectivity index (χ4n) is 3.72. The first-order chi connectivity index (χ1) is 12.1. The molecule has 0 unspecified atom stereocenters. The van der Waals surface area contributed by atoms with Crippen molar-refractivity contribution < 1.29 is 9.53 Å². The molecule has 5 heteroatoms. The molecule has 3 rings (SSSR count). The van der Waals surface area contributed by atoms with E-state index in [9.17, 15) is 4.79 Å². The summed E-state index contributed by atoms with van der Waals surface area (Å²) in [5.41, 5.74) is 8.29. The highest BCUT2D eigenvalue weighted by Gasteiger charge is 2.42. The zero-order valence-electron chi connectivity index (χ0n) is 15.2. The molecule has 0 saturated heterocycles. The number of carbonyl (C=O) groups excluding carboxylic acids is 1. The lowest BCUT2D eigenvalue weighted by atomic mass is 9.78. The monoisotopic (exact) mass is 374 g/mol. The number of hydrogen-bond acceptors (Lipinski definition) is 3. The normalized spacial score (nSPS) is 15.1. The number of hydrogen-bond donors (Lipinski definition) is 2. The van der Waals surface area contributed by atoms with E-state index in [1.807, 2.05) is 48.5 Å². The second kappa shape index (κ2) is 8.95. The molecule has 26 heavy (non-hydrogen) atoms. The van der Waals surface area contributed by atoms with Gasteiger partial charge >= 0.3 is 0 Å². The number of carbonyl (C=O) groups is 1. The third-order valence-electron chi connectivity index (χ3n) is 5.19. The van der Waals surface area contributed by atoms with Crippen molar-refractivity contribution in [1.82, 2.24) is 5.32 Å². The van der Waals surface area contributed by atoms with Crippen LogP contribution < -0.4 is 15.8 Å². The minimum Gasteiger partial charge on any atom is -0.497 e. The van der Waals surface area contributed by atoms with Crippen LogP contribution in [0.3, 0.4) is 0 Å². The van der Waals surface area contributed by atoms with E-state index in [1.165, 1.54) is 5.56 Å². The molecule has 2 aromatic carbocycles. The Morgan fingerprint density at radius 1 is 1.15 bits per heavy atom. The van der Waals surface area contributed by atoms with Crippen LogP contribution in [0.15, 0.2) is 48.5 Å². The number of nitrogen functional groups attached to an aromatic ring is 1. The molecular formula is C21H27ClN2O2. The molecule has 0 aromatic heterocycles. The standard InChI is InChI=1S/C21H26N2O2.ClH/c1-25-19-6-4-5-17(15-19)21(12-2-3-13-21)20(24)23-14-11-16-7-9-18(22)10-8-16;/h4-10,15H,2-3,11-14,22H2,1H3,(H,23,24);1H. The van der Waals surface area contributed by atoms with Crippen LogP contribution in [-0.4, -0.2) is 19.6 Å². The van der Waals surface area contributed by atoms with Gasteiger partial charge in [0, 0.05) is 12.2 Å². The summed E-state index contributed by atoms with van der Waals surface area (Å²) in [6, 6.07) is 15.8. The van der Waals surface area contributed by atoms with Crippen LogP contribution in [0.4, 0.5) is 5.69 Å². The molecule has 0 atom stereocenters. The van der Waals surface area contributed by atoms with Gasteiger partial charge in [0.1, 0.15) is 5.75 Å². The molecule has 4 nitrogen and oxygen atoms in total. The fourth-order valence-corrected chi connectivity index (χ4v) is 3.72. The highest BCUT2D eigenvalue weighted by molar-refractivity contribution is 5.88. The molecule has 1 saturated carbocycles. The van der Waals surface area contributed by atoms with E-state index in [-0.39, 0.29) is 18.3 Å². The SMILES string of the molecule is COc1cccc(C2(C(=O)NCCc3ccc(N)cc3)CCCC2)c1.Cl. The van der Waals surface area contributed by atoms with Gasteiger partial charge in [0.05, 0.1) is 12.5 Å². The van der Waals surface area contributed by atoms with Crippen molar-refractivity contribution in [3.05, 3.63) is 59.7 Å². The van der Waals surface area contributed by atoms with Crippen LogP contribution in [-0.2, 0) is 16.6 Å². The molecule has 1 amide bonds. The van der Waals surface area contributed by atoms with Crippen LogP contribution in [0.5, 0.6) is 5.75 Å². The molecule has 0 heterocycles. The Labute approximate surface area is 161 Å². The second-order valence-electron chi connectivity index (χ2n) is 6.77. The molecule has 3 N–H and O–H groups in total. The zero-order valence-corrected chi connectivity index (χ0v) is 16.0. The number of benzene rings is 2. The number of halogens is 1. The molecule has 0 aliphatic heterocycles. The summed E-state index contributed by atoms with van der Waals surface area (Å²) in [7, 11) is 1.66. The number of rotatable bonds is 6. The fraction of sp³-hybridized carbons (Fsp3) is 0.381. The maximum Gasteiger partial charge on any atom is 0.230 e. The van der Waals surface area contributed by atoms with Gasteiger partial charge in [-0.1, -0.05) is 37.1 Å². The molecule has 2 aromatic rings. The van der Waals surface area contributed by atoms with Gasteiger partial charge in [-0.2, -0.15) is 0 Å². The number of anilines is 1. The zero-order chi connectivity index (χ0) is 17.7. The van der Waals surface area contributed by atoms with Gasteiger partial charge < -0.3 is 15.8 Å². The Kier molecular flexibility index (Phi) is 6.92. The summed E-state index contributed by atoms with van der Waals surface area (Å²) in [5, 5.41) is 3.15. The van der Waals surface area contributed by atoms with Gasteiger partial charge in [-0.15, -0.1) is 12.4 Å². The van der Waals surface area contributed by atoms with E-state index >= 15 is 0 Å². The minimum absolute atomic E-state index is 0. The lowest BCUT2D eigenvalue weighted by molar-refractivity contribution is -0.126. The molecule has 0 spiro atoms. The van der Waals surface area contributed by atoms with Gasteiger partial charge in [0.2, 0.25) is 5.91 Å². The number of ether oxygens (including phenoxy) is 1. The minimum atomic E-state index is -0.421. The molecule has 1 aliphatic carbocycles. The molecule has 1 aliphatic rings. The van der Waals surface area contributed by atoms with E-state index in [2.05, 4.69) is 5.32 Å². The summed E-state index contributed by atoms with van der Waals surface area (Å²) in [4.78, 5) is 13.0. The summed E-state index contributed by atoms with van der Waals surface area (Å²) in [6.07, 6.45) is 4.77. The number of methoxy groups -OCH3 is 1. The van der Waals surface area contributed by atoms with Gasteiger partial charge in [-0.05, 0) is 54.7 Å². The number of nitrogens with one attached hydrogen (secondary N) is 1. The average molecular weight is 375 g/mol. The topological polar surface area (TPSA) is 64.3 Å². The first-order valence-corrected chi connectivity index (χ1v) is 8.91. The van der Waals surface area contributed by atoms with Crippen LogP contribution >= 0.6 is 12.4 Å². The van der Waals surface area contributed by atoms with Crippen molar-refractivity contribution in [3.8, 4) is 5.75 Å². The van der Waals surface area contributed by atoms with Crippen LogP contribution in [0.2, 0.25) is 0 Å². The Hall–Kier alpha value is -2.20. The van der Waals surface area contributed by atoms with Gasteiger partial charge in [0.25, 0.3) is 0 Å². The van der Waals surface area contributed by atoms with Gasteiger partial charge in [-0.3, -0.25) is 4.79 Å². The maximum absolute atomic E-state index is 13.0. The third-order valence-corrected chi connectivity index (χ3v) is 5.19. The smallest absolute Gasteiger partial charge is 0.230 e. The summed E-state index contributed by atoms with van der Waals surface area (Å²) >= 11 is 0. The first kappa shape index (κ1) is 20.1. The Morgan fingerprint density at radius 2 is 1.85 bits per heavy atom.